The molecule has 15 heteroatoms. The zero-order valence-electron chi connectivity index (χ0n) is 37.9. The van der Waals surface area contributed by atoms with Gasteiger partial charge in [-0.05, 0) is 174 Å². The molecule has 0 amide bonds. The van der Waals surface area contributed by atoms with Gasteiger partial charge in [0.2, 0.25) is 19.7 Å². The Morgan fingerprint density at radius 2 is 0.677 bits per heavy atom. The van der Waals surface area contributed by atoms with E-state index in [0.29, 0.717) is 0 Å². The summed E-state index contributed by atoms with van der Waals surface area (Å²) >= 11 is 0. The summed E-state index contributed by atoms with van der Waals surface area (Å²) in [5.74, 6) is 3.73. The smallest absolute Gasteiger partial charge is 0.206 e. The summed E-state index contributed by atoms with van der Waals surface area (Å²) in [5.41, 5.74) is 0. The predicted molar refractivity (Wildman–Crippen MR) is 250 cm³/mol. The van der Waals surface area contributed by atoms with E-state index < -0.39 is 19.7 Å². The number of sulfone groups is 2. The Bertz CT molecular complexity index is 1820. The van der Waals surface area contributed by atoms with Gasteiger partial charge in [-0.25, -0.2) is 16.8 Å². The maximum absolute atomic E-state index is 12.1. The fourth-order valence-electron chi connectivity index (χ4n) is 9.06. The van der Waals surface area contributed by atoms with Crippen LogP contribution in [-0.2, 0) is 19.7 Å². The zero-order chi connectivity index (χ0) is 45.6. The second kappa shape index (κ2) is 28.1. The number of hydrogen-bond donors (Lipinski definition) is 6. The van der Waals surface area contributed by atoms with E-state index in [1.54, 1.807) is 0 Å². The number of phenols is 2. The van der Waals surface area contributed by atoms with Gasteiger partial charge in [-0.15, -0.1) is 11.5 Å². The van der Waals surface area contributed by atoms with E-state index in [2.05, 4.69) is 21.3 Å². The summed E-state index contributed by atoms with van der Waals surface area (Å²) in [7, 11) is -7.24. The third-order valence-electron chi connectivity index (χ3n) is 13.0. The van der Waals surface area contributed by atoms with Gasteiger partial charge in [0.25, 0.3) is 0 Å². The monoisotopic (exact) mass is 938 g/mol. The number of hydrogen-bond acceptors (Lipinski definition) is 10. The van der Waals surface area contributed by atoms with Crippen molar-refractivity contribution in [1.29, 1.82) is 0 Å². The van der Waals surface area contributed by atoms with Crippen LogP contribution in [0.3, 0.4) is 0 Å². The van der Waals surface area contributed by atoms with Crippen LogP contribution in [-0.4, -0.2) is 84.9 Å². The van der Waals surface area contributed by atoms with Crippen LogP contribution in [0.1, 0.15) is 89.9 Å². The van der Waals surface area contributed by atoms with Crippen molar-refractivity contribution in [2.24, 2.45) is 23.7 Å². The molecule has 4 aromatic carbocycles. The number of aromatic hydroxyl groups is 2. The molecule has 8 rings (SSSR count). The summed E-state index contributed by atoms with van der Waals surface area (Å²) in [5, 5.41) is 51.8. The van der Waals surface area contributed by atoms with Gasteiger partial charge in [-0.3, -0.25) is 0 Å². The molecule has 4 fully saturated rings. The fourth-order valence-corrected chi connectivity index (χ4v) is 11.6. The molecule has 4 heterocycles. The lowest BCUT2D eigenvalue weighted by molar-refractivity contribution is -0.665. The summed E-state index contributed by atoms with van der Waals surface area (Å²) in [6.45, 7) is 10.6. The van der Waals surface area contributed by atoms with Crippen molar-refractivity contribution >= 4 is 19.7 Å². The van der Waals surface area contributed by atoms with Crippen LogP contribution in [0.5, 0.6) is 23.0 Å². The van der Waals surface area contributed by atoms with Gasteiger partial charge < -0.3 is 47.2 Å². The number of nitrogens with one attached hydrogen (secondary N) is 2. The Hall–Kier alpha value is -4.22. The maximum Gasteiger partial charge on any atom is 0.206 e. The van der Waals surface area contributed by atoms with E-state index in [-0.39, 0.29) is 48.1 Å². The molecule has 0 aromatic heterocycles. The van der Waals surface area contributed by atoms with Crippen molar-refractivity contribution in [2.75, 3.05) is 52.4 Å². The van der Waals surface area contributed by atoms with E-state index in [1.165, 1.54) is 239 Å². The number of nitrogens with two attached hydrogens (primary N) is 2. The number of phenolic OH excluding ortho intramolecular Hbond substituents is 2. The summed E-state index contributed by atoms with van der Waals surface area (Å²) in [6.07, 6.45) is 20.6. The highest BCUT2D eigenvalue weighted by Crippen LogP contribution is 2.27. The first kappa shape index (κ1) is 53.4. The molecule has 4 saturated heterocycles. The van der Waals surface area contributed by atoms with E-state index in [0.717, 1.165) is 23.7 Å². The SMILES string of the molecule is C(CC1CCNCC1)CC1CC[NH2+]CC1.C(CC1CCNCC1)CC1CC[NH2+]CC1.O.O=S(=O)(c1ccc([O-])cc1)c1ccc(O)cc1.O=S(=O)(c1ccc([O-])cc1)c1ccc(O)cc1. The molecule has 65 heavy (non-hydrogen) atoms. The average molecular weight is 939 g/mol. The molecular formula is C50H74N4O9S2. The molecule has 0 atom stereocenters. The highest BCUT2D eigenvalue weighted by atomic mass is 32.2. The van der Waals surface area contributed by atoms with Crippen molar-refractivity contribution in [3.8, 4) is 23.0 Å². The molecule has 4 aliphatic heterocycles. The number of piperidine rings is 4. The maximum atomic E-state index is 12.1. The van der Waals surface area contributed by atoms with Gasteiger partial charge in [-0.1, -0.05) is 62.8 Å². The van der Waals surface area contributed by atoms with Crippen LogP contribution < -0.4 is 31.5 Å². The molecule has 13 nitrogen and oxygen atoms in total. The van der Waals surface area contributed by atoms with Gasteiger partial charge in [0.1, 0.15) is 11.5 Å². The molecule has 0 saturated carbocycles. The highest BCUT2D eigenvalue weighted by Gasteiger charge is 2.20. The zero-order valence-corrected chi connectivity index (χ0v) is 39.6. The topological polar surface area (TPSA) is 244 Å². The fraction of sp³-hybridized carbons (Fsp3) is 0.520. The molecular weight excluding hydrogens is 865 g/mol. The lowest BCUT2D eigenvalue weighted by Gasteiger charge is -2.24. The second-order valence-corrected chi connectivity index (χ2v) is 21.7. The average Bonchev–Trinajstić information content (AvgIpc) is 3.32. The van der Waals surface area contributed by atoms with Crippen molar-refractivity contribution in [2.45, 2.75) is 109 Å². The lowest BCUT2D eigenvalue weighted by atomic mass is 9.87. The largest absolute Gasteiger partial charge is 0.872 e. The minimum absolute atomic E-state index is 0. The Morgan fingerprint density at radius 3 is 0.954 bits per heavy atom. The lowest BCUT2D eigenvalue weighted by Crippen LogP contribution is -2.86. The predicted octanol–water partition coefficient (Wildman–Crippen LogP) is 4.03. The summed E-state index contributed by atoms with van der Waals surface area (Å²) < 4.78 is 48.3. The van der Waals surface area contributed by atoms with Crippen LogP contribution in [0.4, 0.5) is 0 Å². The Balaban J connectivity index is 0.000000189. The van der Waals surface area contributed by atoms with Gasteiger partial charge >= 0.3 is 0 Å². The van der Waals surface area contributed by atoms with Crippen LogP contribution >= 0.6 is 0 Å². The standard InChI is InChI=1S/2C13H26N2.2C12H10O4S.H2O/c2*1(2-12-4-8-14-9-5-12)3-13-6-10-15-11-7-13;2*13-9-1-5-11(6-2-9)17(15,16)12-7-3-10(14)4-8-12;/h2*12-15H,1-11H2;2*1-8,13-14H;1H2. The number of benzene rings is 4. The first-order chi connectivity index (χ1) is 30.9. The molecule has 0 radical (unpaired) electrons. The van der Waals surface area contributed by atoms with Gasteiger partial charge in [0.05, 0.1) is 45.8 Å². The van der Waals surface area contributed by atoms with Crippen LogP contribution in [0.2, 0.25) is 0 Å². The third-order valence-corrected chi connectivity index (χ3v) is 16.6. The number of quaternary nitrogens is 2. The van der Waals surface area contributed by atoms with E-state index in [1.807, 2.05) is 0 Å². The molecule has 0 aliphatic carbocycles. The van der Waals surface area contributed by atoms with Crippen LogP contribution in [0, 0.1) is 23.7 Å². The summed E-state index contributed by atoms with van der Waals surface area (Å²) in [4.78, 5) is 0.272. The Morgan fingerprint density at radius 1 is 0.431 bits per heavy atom. The molecule has 360 valence electrons. The van der Waals surface area contributed by atoms with Crippen molar-refractivity contribution in [3.63, 3.8) is 0 Å². The Labute approximate surface area is 387 Å². The minimum Gasteiger partial charge on any atom is -0.872 e. The number of rotatable bonds is 12. The van der Waals surface area contributed by atoms with Gasteiger partial charge in [0.15, 0.2) is 0 Å². The molecule has 0 bridgehead atoms. The van der Waals surface area contributed by atoms with E-state index >= 15 is 0 Å². The molecule has 0 unspecified atom stereocenters. The highest BCUT2D eigenvalue weighted by molar-refractivity contribution is 7.91. The molecule has 4 aliphatic rings. The second-order valence-electron chi connectivity index (χ2n) is 17.8. The molecule has 4 aromatic rings. The van der Waals surface area contributed by atoms with Gasteiger partial charge in [-0.2, -0.15) is 0 Å². The molecule has 0 spiro atoms. The van der Waals surface area contributed by atoms with Crippen LogP contribution in [0.15, 0.2) is 117 Å². The van der Waals surface area contributed by atoms with Crippen LogP contribution in [0.25, 0.3) is 0 Å². The van der Waals surface area contributed by atoms with Crippen molar-refractivity contribution in [3.05, 3.63) is 97.1 Å². The van der Waals surface area contributed by atoms with Gasteiger partial charge in [0, 0.05) is 0 Å². The Kier molecular flexibility index (Phi) is 23.1. The van der Waals surface area contributed by atoms with Crippen molar-refractivity contribution in [1.82, 2.24) is 10.6 Å². The first-order valence-electron chi connectivity index (χ1n) is 23.6. The van der Waals surface area contributed by atoms with E-state index in [4.69, 9.17) is 10.2 Å². The normalized spacial score (nSPS) is 17.7. The summed E-state index contributed by atoms with van der Waals surface area (Å²) in [6, 6.07) is 20.3. The van der Waals surface area contributed by atoms with Crippen molar-refractivity contribution < 1.29 is 53.4 Å². The first-order valence-corrected chi connectivity index (χ1v) is 26.5. The minimum atomic E-state index is -3.62. The molecule has 10 N–H and O–H groups in total. The quantitative estimate of drug-likeness (QED) is 0.119. The van der Waals surface area contributed by atoms with E-state index in [9.17, 15) is 27.0 Å². The third kappa shape index (κ3) is 18.5.